The van der Waals surface area contributed by atoms with E-state index >= 15 is 0 Å². The van der Waals surface area contributed by atoms with Gasteiger partial charge in [-0.1, -0.05) is 6.07 Å². The van der Waals surface area contributed by atoms with E-state index in [1.165, 1.54) is 16.4 Å². The molecule has 0 spiro atoms. The summed E-state index contributed by atoms with van der Waals surface area (Å²) in [5.74, 6) is -0.537. The van der Waals surface area contributed by atoms with Gasteiger partial charge in [-0.05, 0) is 37.5 Å². The van der Waals surface area contributed by atoms with Crippen LogP contribution in [0.1, 0.15) is 28.8 Å². The van der Waals surface area contributed by atoms with E-state index in [-0.39, 0.29) is 34.5 Å². The number of carboxylic acids is 1. The highest BCUT2D eigenvalue weighted by Gasteiger charge is 2.55. The van der Waals surface area contributed by atoms with Gasteiger partial charge in [0.05, 0.1) is 22.7 Å². The number of fused-ring (bicyclic) bond motifs is 5. The maximum atomic E-state index is 12.9. The number of carbonyl (C=O) groups is 1. The molecule has 3 saturated heterocycles. The van der Waals surface area contributed by atoms with E-state index in [1.807, 2.05) is 0 Å². The largest absolute Gasteiger partial charge is 0.478 e. The first kappa shape index (κ1) is 15.1. The van der Waals surface area contributed by atoms with E-state index in [0.29, 0.717) is 18.7 Å². The number of rotatable bonds is 3. The van der Waals surface area contributed by atoms with Gasteiger partial charge in [0.1, 0.15) is 0 Å². The smallest absolute Gasteiger partial charge is 0.335 e. The number of aromatic carboxylic acids is 1. The summed E-state index contributed by atoms with van der Waals surface area (Å²) in [4.78, 5) is 11.3. The van der Waals surface area contributed by atoms with E-state index in [2.05, 4.69) is 0 Å². The lowest BCUT2D eigenvalue weighted by atomic mass is 9.82. The van der Waals surface area contributed by atoms with Gasteiger partial charge in [-0.15, -0.1) is 0 Å². The highest BCUT2D eigenvalue weighted by Crippen LogP contribution is 2.48. The molecule has 2 bridgehead atoms. The number of nitrogens with zero attached hydrogens (tertiary/aromatic N) is 1. The number of hydrogen-bond donors (Lipinski definition) is 1. The van der Waals surface area contributed by atoms with Crippen LogP contribution in [0.2, 0.25) is 0 Å². The van der Waals surface area contributed by atoms with Gasteiger partial charge in [-0.25, -0.2) is 13.2 Å². The number of hydrogen-bond acceptors (Lipinski definition) is 4. The molecule has 0 aromatic heterocycles. The summed E-state index contributed by atoms with van der Waals surface area (Å²) in [6.45, 7) is 2.62. The summed E-state index contributed by atoms with van der Waals surface area (Å²) in [5, 5.41) is 9.21. The summed E-state index contributed by atoms with van der Waals surface area (Å²) in [7, 11) is -3.66. The molecule has 124 valence electrons. The van der Waals surface area contributed by atoms with Crippen molar-refractivity contribution >= 4 is 16.0 Å². The van der Waals surface area contributed by atoms with Crippen LogP contribution in [-0.4, -0.2) is 49.1 Å². The third-order valence-corrected chi connectivity index (χ3v) is 7.32. The Morgan fingerprint density at radius 3 is 2.39 bits per heavy atom. The first-order chi connectivity index (χ1) is 10.9. The van der Waals surface area contributed by atoms with Gasteiger partial charge in [0, 0.05) is 24.9 Å². The van der Waals surface area contributed by atoms with Gasteiger partial charge in [-0.3, -0.25) is 0 Å². The first-order valence-electron chi connectivity index (χ1n) is 7.87. The van der Waals surface area contributed by atoms with Gasteiger partial charge in [0.15, 0.2) is 0 Å². The monoisotopic (exact) mass is 337 g/mol. The molecule has 1 N–H and O–H groups in total. The van der Waals surface area contributed by atoms with Gasteiger partial charge < -0.3 is 9.84 Å². The summed E-state index contributed by atoms with van der Waals surface area (Å²) in [6.07, 6.45) is 2.43. The Kier molecular flexibility index (Phi) is 3.30. The Balaban J connectivity index is 1.64. The Hall–Kier alpha value is -1.44. The minimum Gasteiger partial charge on any atom is -0.478 e. The molecule has 3 fully saturated rings. The quantitative estimate of drug-likeness (QED) is 0.903. The second-order valence-corrected chi connectivity index (χ2v) is 8.66. The summed E-state index contributed by atoms with van der Waals surface area (Å²) in [6, 6.07) is 4.32. The molecule has 0 radical (unpaired) electrons. The standard InChI is InChI=1S/C16H19NO5S/c1-9-2-3-10(6-11(9)16(18)19)23(20,21)17-7-12-13(8-17)15-5-4-14(12)22-15/h2-3,6,12-15H,4-5,7-8H2,1H3,(H,18,19)/t12-,13+,14-,15-/m1/s1. The fourth-order valence-corrected chi connectivity index (χ4v) is 5.80. The molecule has 6 nitrogen and oxygen atoms in total. The van der Waals surface area contributed by atoms with E-state index in [0.717, 1.165) is 12.8 Å². The zero-order chi connectivity index (χ0) is 16.4. The van der Waals surface area contributed by atoms with Gasteiger partial charge >= 0.3 is 5.97 Å². The zero-order valence-electron chi connectivity index (χ0n) is 12.8. The van der Waals surface area contributed by atoms with Gasteiger partial charge in [0.2, 0.25) is 10.0 Å². The Labute approximate surface area is 135 Å². The molecule has 0 aliphatic carbocycles. The number of aryl methyl sites for hydroxylation is 1. The van der Waals surface area contributed by atoms with Crippen LogP contribution >= 0.6 is 0 Å². The van der Waals surface area contributed by atoms with Crippen LogP contribution in [0.15, 0.2) is 23.1 Å². The van der Waals surface area contributed by atoms with Crippen molar-refractivity contribution in [2.75, 3.05) is 13.1 Å². The molecule has 0 amide bonds. The molecule has 4 atom stereocenters. The van der Waals surface area contributed by atoms with E-state index in [9.17, 15) is 18.3 Å². The lowest BCUT2D eigenvalue weighted by Gasteiger charge is -2.19. The van der Waals surface area contributed by atoms with Crippen molar-refractivity contribution in [2.45, 2.75) is 36.9 Å². The van der Waals surface area contributed by atoms with Crippen LogP contribution in [0.25, 0.3) is 0 Å². The molecule has 7 heteroatoms. The van der Waals surface area contributed by atoms with Gasteiger partial charge in [0.25, 0.3) is 0 Å². The average molecular weight is 337 g/mol. The zero-order valence-corrected chi connectivity index (χ0v) is 13.6. The van der Waals surface area contributed by atoms with Crippen LogP contribution in [0.4, 0.5) is 0 Å². The molecule has 0 unspecified atom stereocenters. The van der Waals surface area contributed by atoms with Crippen LogP contribution < -0.4 is 0 Å². The predicted molar refractivity (Wildman–Crippen MR) is 81.8 cm³/mol. The fourth-order valence-electron chi connectivity index (χ4n) is 4.26. The molecular formula is C16H19NO5S. The molecule has 1 aromatic rings. The molecule has 0 saturated carbocycles. The number of ether oxygens (including phenoxy) is 1. The Bertz CT molecular complexity index is 757. The van der Waals surface area contributed by atoms with Crippen molar-refractivity contribution < 1.29 is 23.1 Å². The molecular weight excluding hydrogens is 318 g/mol. The Morgan fingerprint density at radius 1 is 1.22 bits per heavy atom. The van der Waals surface area contributed by atoms with E-state index < -0.39 is 16.0 Å². The summed E-state index contributed by atoms with van der Waals surface area (Å²) < 4.78 is 33.1. The highest BCUT2D eigenvalue weighted by atomic mass is 32.2. The molecule has 3 aliphatic rings. The normalized spacial score (nSPS) is 33.1. The lowest BCUT2D eigenvalue weighted by molar-refractivity contribution is 0.0695. The highest BCUT2D eigenvalue weighted by molar-refractivity contribution is 7.89. The number of benzene rings is 1. The van der Waals surface area contributed by atoms with Crippen molar-refractivity contribution in [2.24, 2.45) is 11.8 Å². The maximum Gasteiger partial charge on any atom is 0.335 e. The molecule has 1 aromatic carbocycles. The van der Waals surface area contributed by atoms with Crippen molar-refractivity contribution in [1.29, 1.82) is 0 Å². The third-order valence-electron chi connectivity index (χ3n) is 5.50. The average Bonchev–Trinajstić information content (AvgIpc) is 3.20. The van der Waals surface area contributed by atoms with Crippen molar-refractivity contribution in [3.05, 3.63) is 29.3 Å². The van der Waals surface area contributed by atoms with Crippen molar-refractivity contribution in [1.82, 2.24) is 4.31 Å². The Morgan fingerprint density at radius 2 is 1.83 bits per heavy atom. The molecule has 23 heavy (non-hydrogen) atoms. The topological polar surface area (TPSA) is 83.9 Å². The predicted octanol–water partition coefficient (Wildman–Crippen LogP) is 1.49. The van der Waals surface area contributed by atoms with Crippen LogP contribution in [0, 0.1) is 18.8 Å². The molecule has 4 rings (SSSR count). The van der Waals surface area contributed by atoms with E-state index in [1.54, 1.807) is 13.0 Å². The molecule has 3 aliphatic heterocycles. The number of carboxylic acid groups (broad SMARTS) is 1. The second-order valence-electron chi connectivity index (χ2n) is 6.72. The van der Waals surface area contributed by atoms with Crippen LogP contribution in [0.5, 0.6) is 0 Å². The summed E-state index contributed by atoms with van der Waals surface area (Å²) in [5.41, 5.74) is 0.593. The van der Waals surface area contributed by atoms with Crippen molar-refractivity contribution in [3.63, 3.8) is 0 Å². The SMILES string of the molecule is Cc1ccc(S(=O)(=O)N2C[C@@H]3[C@H](C2)[C@H]2CC[C@H]3O2)cc1C(=O)O. The lowest BCUT2D eigenvalue weighted by Crippen LogP contribution is -2.31. The third kappa shape index (κ3) is 2.21. The second kappa shape index (κ2) is 5.03. The van der Waals surface area contributed by atoms with Crippen LogP contribution in [0.3, 0.4) is 0 Å². The van der Waals surface area contributed by atoms with Crippen LogP contribution in [-0.2, 0) is 14.8 Å². The molecule has 3 heterocycles. The van der Waals surface area contributed by atoms with Crippen molar-refractivity contribution in [3.8, 4) is 0 Å². The number of sulfonamides is 1. The minimum atomic E-state index is -3.66. The van der Waals surface area contributed by atoms with E-state index in [4.69, 9.17) is 4.74 Å². The first-order valence-corrected chi connectivity index (χ1v) is 9.31. The fraction of sp³-hybridized carbons (Fsp3) is 0.562. The minimum absolute atomic E-state index is 0.0360. The maximum absolute atomic E-state index is 12.9. The van der Waals surface area contributed by atoms with Gasteiger partial charge in [-0.2, -0.15) is 4.31 Å². The summed E-state index contributed by atoms with van der Waals surface area (Å²) >= 11 is 0.